The molecule has 1 aliphatic carbocycles. The van der Waals surface area contributed by atoms with Crippen molar-refractivity contribution in [3.8, 4) is 0 Å². The summed E-state index contributed by atoms with van der Waals surface area (Å²) in [7, 11) is 0. The summed E-state index contributed by atoms with van der Waals surface area (Å²) in [6.07, 6.45) is -3.16. The van der Waals surface area contributed by atoms with E-state index in [0.717, 1.165) is 12.3 Å². The summed E-state index contributed by atoms with van der Waals surface area (Å²) in [4.78, 5) is 14.0. The first-order valence-electron chi connectivity index (χ1n) is 4.88. The number of nitrogens with zero attached hydrogens (tertiary/aromatic N) is 1. The van der Waals surface area contributed by atoms with Gasteiger partial charge in [-0.25, -0.2) is 9.78 Å². The predicted molar refractivity (Wildman–Crippen MR) is 52.8 cm³/mol. The van der Waals surface area contributed by atoms with Crippen molar-refractivity contribution in [2.24, 2.45) is 0 Å². The third-order valence-electron chi connectivity index (χ3n) is 2.66. The summed E-state index contributed by atoms with van der Waals surface area (Å²) >= 11 is 0. The van der Waals surface area contributed by atoms with Gasteiger partial charge in [0.1, 0.15) is 11.2 Å². The van der Waals surface area contributed by atoms with E-state index in [-0.39, 0.29) is 24.2 Å². The number of aromatic carboxylic acids is 1. The molecule has 4 nitrogen and oxygen atoms in total. The summed E-state index contributed by atoms with van der Waals surface area (Å²) < 4.78 is 37.8. The Bertz CT molecular complexity index is 438. The lowest BCUT2D eigenvalue weighted by molar-refractivity contribution is -0.151. The smallest absolute Gasteiger partial charge is 0.411 e. The molecule has 0 radical (unpaired) electrons. The van der Waals surface area contributed by atoms with E-state index in [9.17, 15) is 18.0 Å². The van der Waals surface area contributed by atoms with Crippen LogP contribution in [0.1, 0.15) is 23.3 Å². The second-order valence-corrected chi connectivity index (χ2v) is 3.94. The highest BCUT2D eigenvalue weighted by Crippen LogP contribution is 2.51. The maximum absolute atomic E-state index is 12.6. The van der Waals surface area contributed by atoms with Gasteiger partial charge in [0.25, 0.3) is 0 Å². The van der Waals surface area contributed by atoms with Gasteiger partial charge >= 0.3 is 12.1 Å². The molecule has 0 amide bonds. The molecule has 0 saturated heterocycles. The van der Waals surface area contributed by atoms with Crippen molar-refractivity contribution in [3.63, 3.8) is 0 Å². The van der Waals surface area contributed by atoms with Crippen molar-refractivity contribution < 1.29 is 23.1 Å². The van der Waals surface area contributed by atoms with Gasteiger partial charge in [-0.15, -0.1) is 0 Å². The van der Waals surface area contributed by atoms with Crippen molar-refractivity contribution in [2.45, 2.75) is 24.6 Å². The van der Waals surface area contributed by atoms with Crippen LogP contribution in [-0.4, -0.2) is 27.8 Å². The van der Waals surface area contributed by atoms with Crippen LogP contribution in [0.3, 0.4) is 0 Å². The van der Waals surface area contributed by atoms with Crippen LogP contribution in [0, 0.1) is 0 Å². The monoisotopic (exact) mass is 246 g/mol. The number of hydrogen-bond acceptors (Lipinski definition) is 3. The summed E-state index contributed by atoms with van der Waals surface area (Å²) in [6, 6.07) is 2.44. The van der Waals surface area contributed by atoms with Crippen molar-refractivity contribution in [1.29, 1.82) is 0 Å². The number of carboxylic acid groups (broad SMARTS) is 1. The van der Waals surface area contributed by atoms with Gasteiger partial charge in [-0.3, -0.25) is 0 Å². The first-order chi connectivity index (χ1) is 7.84. The average Bonchev–Trinajstić information content (AvgIpc) is 2.98. The standard InChI is InChI=1S/C10H9F3N2O2/c11-10(12,13)9(3-4-9)15-6-1-2-7(8(16)17)14-5-6/h1-2,5,15H,3-4H2,(H,16,17). The zero-order valence-corrected chi connectivity index (χ0v) is 8.58. The fraction of sp³-hybridized carbons (Fsp3) is 0.400. The number of pyridine rings is 1. The van der Waals surface area contributed by atoms with Crippen molar-refractivity contribution in [2.75, 3.05) is 5.32 Å². The minimum Gasteiger partial charge on any atom is -0.477 e. The zero-order valence-electron chi connectivity index (χ0n) is 8.58. The van der Waals surface area contributed by atoms with E-state index in [1.807, 2.05) is 0 Å². The minimum atomic E-state index is -4.31. The Hall–Kier alpha value is -1.79. The van der Waals surface area contributed by atoms with Crippen LogP contribution < -0.4 is 5.32 Å². The molecule has 2 rings (SSSR count). The van der Waals surface area contributed by atoms with E-state index in [1.165, 1.54) is 6.07 Å². The number of aromatic nitrogens is 1. The fourth-order valence-electron chi connectivity index (χ4n) is 1.47. The summed E-state index contributed by atoms with van der Waals surface area (Å²) in [5.74, 6) is -1.21. The Morgan fingerprint density at radius 3 is 2.41 bits per heavy atom. The first-order valence-corrected chi connectivity index (χ1v) is 4.88. The van der Waals surface area contributed by atoms with Gasteiger partial charge in [-0.2, -0.15) is 13.2 Å². The largest absolute Gasteiger partial charge is 0.477 e. The number of anilines is 1. The topological polar surface area (TPSA) is 62.2 Å². The summed E-state index contributed by atoms with van der Waals surface area (Å²) in [5.41, 5.74) is -1.89. The second kappa shape index (κ2) is 3.61. The van der Waals surface area contributed by atoms with Crippen molar-refractivity contribution in [3.05, 3.63) is 24.0 Å². The lowest BCUT2D eigenvalue weighted by Crippen LogP contribution is -2.38. The van der Waals surface area contributed by atoms with Crippen molar-refractivity contribution in [1.82, 2.24) is 4.98 Å². The first kappa shape index (κ1) is 11.7. The third kappa shape index (κ3) is 2.17. The lowest BCUT2D eigenvalue weighted by Gasteiger charge is -2.21. The molecule has 2 N–H and O–H groups in total. The van der Waals surface area contributed by atoms with Gasteiger partial charge in [0, 0.05) is 0 Å². The average molecular weight is 246 g/mol. The highest BCUT2D eigenvalue weighted by molar-refractivity contribution is 5.85. The van der Waals surface area contributed by atoms with Gasteiger partial charge in [0.05, 0.1) is 11.9 Å². The molecule has 92 valence electrons. The highest BCUT2D eigenvalue weighted by atomic mass is 19.4. The van der Waals surface area contributed by atoms with Crippen LogP contribution in [0.15, 0.2) is 18.3 Å². The summed E-state index contributed by atoms with van der Waals surface area (Å²) in [5, 5.41) is 10.9. The Kier molecular flexibility index (Phi) is 2.48. The Labute approximate surface area is 94.5 Å². The molecule has 1 aromatic rings. The molecule has 1 heterocycles. The molecule has 17 heavy (non-hydrogen) atoms. The number of hydrogen-bond donors (Lipinski definition) is 2. The molecule has 1 aliphatic rings. The quantitative estimate of drug-likeness (QED) is 0.858. The molecule has 0 spiro atoms. The maximum atomic E-state index is 12.6. The van der Waals surface area contributed by atoms with E-state index in [0.29, 0.717) is 0 Å². The maximum Gasteiger partial charge on any atom is 0.411 e. The van der Waals surface area contributed by atoms with E-state index in [1.54, 1.807) is 0 Å². The minimum absolute atomic E-state index is 0.0250. The van der Waals surface area contributed by atoms with Crippen LogP contribution in [0.2, 0.25) is 0 Å². The second-order valence-electron chi connectivity index (χ2n) is 3.94. The molecule has 0 atom stereocenters. The zero-order chi connectivity index (χ0) is 12.7. The molecule has 0 aromatic carbocycles. The number of nitrogens with one attached hydrogen (secondary N) is 1. The summed E-state index contributed by atoms with van der Waals surface area (Å²) in [6.45, 7) is 0. The van der Waals surface area contributed by atoms with Gasteiger partial charge in [0.2, 0.25) is 0 Å². The third-order valence-corrected chi connectivity index (χ3v) is 2.66. The van der Waals surface area contributed by atoms with E-state index in [2.05, 4.69) is 10.3 Å². The molecular weight excluding hydrogens is 237 g/mol. The van der Waals surface area contributed by atoms with Crippen LogP contribution in [-0.2, 0) is 0 Å². The van der Waals surface area contributed by atoms with Crippen LogP contribution in [0.4, 0.5) is 18.9 Å². The lowest BCUT2D eigenvalue weighted by atomic mass is 10.2. The fourth-order valence-corrected chi connectivity index (χ4v) is 1.47. The number of carbonyl (C=O) groups is 1. The molecular formula is C10H9F3N2O2. The van der Waals surface area contributed by atoms with Crippen LogP contribution in [0.25, 0.3) is 0 Å². The Balaban J connectivity index is 2.13. The van der Waals surface area contributed by atoms with Crippen molar-refractivity contribution >= 4 is 11.7 Å². The normalized spacial score (nSPS) is 17.6. The Morgan fingerprint density at radius 2 is 2.06 bits per heavy atom. The molecule has 0 bridgehead atoms. The molecule has 0 unspecified atom stereocenters. The number of halogens is 3. The van der Waals surface area contributed by atoms with Gasteiger partial charge in [-0.1, -0.05) is 0 Å². The number of carboxylic acids is 1. The van der Waals surface area contributed by atoms with E-state index < -0.39 is 17.7 Å². The predicted octanol–water partition coefficient (Wildman–Crippen LogP) is 2.29. The van der Waals surface area contributed by atoms with E-state index >= 15 is 0 Å². The van der Waals surface area contributed by atoms with Crippen LogP contribution >= 0.6 is 0 Å². The van der Waals surface area contributed by atoms with Gasteiger partial charge in [-0.05, 0) is 25.0 Å². The molecule has 1 fully saturated rings. The van der Waals surface area contributed by atoms with E-state index in [4.69, 9.17) is 5.11 Å². The van der Waals surface area contributed by atoms with Gasteiger partial charge < -0.3 is 10.4 Å². The molecule has 1 saturated carbocycles. The number of alkyl halides is 3. The highest BCUT2D eigenvalue weighted by Gasteiger charge is 2.63. The molecule has 0 aliphatic heterocycles. The Morgan fingerprint density at radius 1 is 1.41 bits per heavy atom. The van der Waals surface area contributed by atoms with Crippen LogP contribution in [0.5, 0.6) is 0 Å². The van der Waals surface area contributed by atoms with Gasteiger partial charge in [0.15, 0.2) is 0 Å². The SMILES string of the molecule is O=C(O)c1ccc(NC2(C(F)(F)F)CC2)cn1. The molecule has 7 heteroatoms. The number of rotatable bonds is 3. The molecule has 1 aromatic heterocycles.